The molecule has 2 fully saturated rings. The lowest BCUT2D eigenvalue weighted by Crippen LogP contribution is -2.41. The van der Waals surface area contributed by atoms with E-state index in [1.807, 2.05) is 12.1 Å². The summed E-state index contributed by atoms with van der Waals surface area (Å²) in [7, 11) is 1.38. The summed E-state index contributed by atoms with van der Waals surface area (Å²) >= 11 is 0. The van der Waals surface area contributed by atoms with Gasteiger partial charge in [-0.05, 0) is 24.5 Å². The molecule has 1 spiro atoms. The van der Waals surface area contributed by atoms with E-state index in [0.29, 0.717) is 11.4 Å². The molecule has 7 nitrogen and oxygen atoms in total. The average molecular weight is 508 g/mol. The fourth-order valence-electron chi connectivity index (χ4n) is 3.69. The van der Waals surface area contributed by atoms with Crippen molar-refractivity contribution in [3.8, 4) is 0 Å². The van der Waals surface area contributed by atoms with Gasteiger partial charge in [-0.1, -0.05) is 18.2 Å². The van der Waals surface area contributed by atoms with Gasteiger partial charge in [-0.3, -0.25) is 4.99 Å². The lowest BCUT2D eigenvalue weighted by atomic mass is 9.87. The van der Waals surface area contributed by atoms with E-state index in [1.165, 1.54) is 4.31 Å². The molecule has 2 saturated heterocycles. The van der Waals surface area contributed by atoms with Crippen molar-refractivity contribution < 1.29 is 13.2 Å². The summed E-state index contributed by atoms with van der Waals surface area (Å²) in [5.74, 6) is 0.811. The molecule has 2 aliphatic rings. The minimum atomic E-state index is -3.48. The maximum Gasteiger partial charge on any atom is 0.242 e. The van der Waals surface area contributed by atoms with Gasteiger partial charge in [-0.25, -0.2) is 12.7 Å². The summed E-state index contributed by atoms with van der Waals surface area (Å²) in [4.78, 5) is 6.97. The van der Waals surface area contributed by atoms with Gasteiger partial charge < -0.3 is 15.0 Å². The number of ether oxygens (including phenoxy) is 1. The van der Waals surface area contributed by atoms with Crippen LogP contribution in [0.5, 0.6) is 0 Å². The van der Waals surface area contributed by atoms with Crippen molar-refractivity contribution in [3.63, 3.8) is 0 Å². The number of hydrogen-bond donors (Lipinski definition) is 1. The smallest absolute Gasteiger partial charge is 0.242 e. The summed E-state index contributed by atoms with van der Waals surface area (Å²) in [6, 6.07) is 7.09. The Kier molecular flexibility index (Phi) is 7.51. The van der Waals surface area contributed by atoms with Crippen LogP contribution in [0.2, 0.25) is 0 Å². The Bertz CT molecular complexity index is 777. The van der Waals surface area contributed by atoms with Crippen LogP contribution in [0.25, 0.3) is 0 Å². The number of benzene rings is 1. The molecule has 0 radical (unpaired) electrons. The quantitative estimate of drug-likeness (QED) is 0.381. The number of guanidine groups is 1. The van der Waals surface area contributed by atoms with Gasteiger partial charge in [0, 0.05) is 52.8 Å². The van der Waals surface area contributed by atoms with Crippen LogP contribution in [0.15, 0.2) is 34.2 Å². The third-order valence-corrected chi connectivity index (χ3v) is 7.22. The van der Waals surface area contributed by atoms with Gasteiger partial charge in [-0.15, -0.1) is 24.0 Å². The van der Waals surface area contributed by atoms with Crippen molar-refractivity contribution in [2.45, 2.75) is 24.3 Å². The van der Waals surface area contributed by atoms with Crippen molar-refractivity contribution >= 4 is 40.0 Å². The average Bonchev–Trinajstić information content (AvgIpc) is 3.26. The largest absolute Gasteiger partial charge is 0.381 e. The van der Waals surface area contributed by atoms with Crippen LogP contribution in [0.1, 0.15) is 18.4 Å². The van der Waals surface area contributed by atoms with Gasteiger partial charge in [0.05, 0.1) is 11.5 Å². The monoisotopic (exact) mass is 508 g/mol. The summed E-state index contributed by atoms with van der Waals surface area (Å²) in [6.45, 7) is 3.96. The van der Waals surface area contributed by atoms with E-state index < -0.39 is 10.0 Å². The predicted octanol–water partition coefficient (Wildman–Crippen LogP) is 1.74. The van der Waals surface area contributed by atoms with Crippen LogP contribution < -0.4 is 5.32 Å². The molecule has 1 aromatic rings. The first-order valence-corrected chi connectivity index (χ1v) is 10.4. The molecule has 0 aliphatic carbocycles. The third-order valence-electron chi connectivity index (χ3n) is 5.30. The van der Waals surface area contributed by atoms with E-state index >= 15 is 0 Å². The highest BCUT2D eigenvalue weighted by molar-refractivity contribution is 14.0. The molecular formula is C18H29IN4O3S. The second kappa shape index (κ2) is 9.06. The summed E-state index contributed by atoms with van der Waals surface area (Å²) in [5.41, 5.74) is 0.990. The van der Waals surface area contributed by atoms with Crippen molar-refractivity contribution in [1.29, 1.82) is 0 Å². The Morgan fingerprint density at radius 1 is 1.33 bits per heavy atom. The number of hydrogen-bond acceptors (Lipinski definition) is 4. The molecule has 0 bridgehead atoms. The maximum atomic E-state index is 12.5. The topological polar surface area (TPSA) is 74.2 Å². The molecular weight excluding hydrogens is 479 g/mol. The molecule has 1 aromatic carbocycles. The molecule has 1 atom stereocenters. The normalized spacial score (nSPS) is 23.1. The van der Waals surface area contributed by atoms with Crippen LogP contribution in [0.4, 0.5) is 0 Å². The van der Waals surface area contributed by atoms with Gasteiger partial charge >= 0.3 is 0 Å². The Hall–Kier alpha value is -0.910. The molecule has 3 rings (SSSR count). The van der Waals surface area contributed by atoms with Gasteiger partial charge in [-0.2, -0.15) is 0 Å². The first-order chi connectivity index (χ1) is 12.4. The van der Waals surface area contributed by atoms with E-state index in [9.17, 15) is 8.42 Å². The predicted molar refractivity (Wildman–Crippen MR) is 117 cm³/mol. The number of nitrogens with one attached hydrogen (secondary N) is 1. The third kappa shape index (κ3) is 4.75. The standard InChI is InChI=1S/C18H28N4O3S.HI/c1-19-17(22-10-8-18(13-22)9-11-25-14-18)20-12-15-6-4-5-7-16(15)26(23,24)21(2)3;/h4-7H,8-14H2,1-3H3,(H,19,20);1H. The zero-order valence-corrected chi connectivity index (χ0v) is 19.3. The molecule has 9 heteroatoms. The van der Waals surface area contributed by atoms with E-state index in [0.717, 1.165) is 50.7 Å². The molecule has 27 heavy (non-hydrogen) atoms. The van der Waals surface area contributed by atoms with Crippen LogP contribution in [0, 0.1) is 5.41 Å². The van der Waals surface area contributed by atoms with Crippen molar-refractivity contribution in [1.82, 2.24) is 14.5 Å². The van der Waals surface area contributed by atoms with Gasteiger partial charge in [0.25, 0.3) is 0 Å². The lowest BCUT2D eigenvalue weighted by molar-refractivity contribution is 0.156. The lowest BCUT2D eigenvalue weighted by Gasteiger charge is -2.25. The number of rotatable bonds is 4. The number of likely N-dealkylation sites (tertiary alicyclic amines) is 1. The van der Waals surface area contributed by atoms with E-state index in [1.54, 1.807) is 33.3 Å². The molecule has 0 aromatic heterocycles. The molecule has 2 aliphatic heterocycles. The van der Waals surface area contributed by atoms with Gasteiger partial charge in [0.2, 0.25) is 10.0 Å². The first kappa shape index (κ1) is 22.4. The van der Waals surface area contributed by atoms with Crippen LogP contribution >= 0.6 is 24.0 Å². The van der Waals surface area contributed by atoms with Crippen molar-refractivity contribution in [2.24, 2.45) is 10.4 Å². The molecule has 152 valence electrons. The Balaban J connectivity index is 0.00000261. The van der Waals surface area contributed by atoms with E-state index in [2.05, 4.69) is 15.2 Å². The van der Waals surface area contributed by atoms with E-state index in [4.69, 9.17) is 4.74 Å². The minimum Gasteiger partial charge on any atom is -0.381 e. The van der Waals surface area contributed by atoms with Gasteiger partial charge in [0.15, 0.2) is 5.96 Å². The summed E-state index contributed by atoms with van der Waals surface area (Å²) in [6.07, 6.45) is 2.21. The maximum absolute atomic E-state index is 12.5. The Morgan fingerprint density at radius 3 is 2.70 bits per heavy atom. The van der Waals surface area contributed by atoms with Crippen LogP contribution in [0.3, 0.4) is 0 Å². The number of nitrogens with zero attached hydrogens (tertiary/aromatic N) is 3. The minimum absolute atomic E-state index is 0. The zero-order chi connectivity index (χ0) is 18.8. The van der Waals surface area contributed by atoms with Crippen molar-refractivity contribution in [3.05, 3.63) is 29.8 Å². The van der Waals surface area contributed by atoms with Crippen LogP contribution in [-0.2, 0) is 21.3 Å². The fraction of sp³-hybridized carbons (Fsp3) is 0.611. The SMILES string of the molecule is CN=C(NCc1ccccc1S(=O)(=O)N(C)C)N1CCC2(CCOC2)C1.I. The van der Waals surface area contributed by atoms with Crippen molar-refractivity contribution in [2.75, 3.05) is 47.4 Å². The number of sulfonamides is 1. The fourth-order valence-corrected chi connectivity index (χ4v) is 4.81. The highest BCUT2D eigenvalue weighted by Gasteiger charge is 2.42. The highest BCUT2D eigenvalue weighted by Crippen LogP contribution is 2.38. The second-order valence-corrected chi connectivity index (χ2v) is 9.39. The summed E-state index contributed by atoms with van der Waals surface area (Å²) < 4.78 is 31.9. The molecule has 1 unspecified atom stereocenters. The Morgan fingerprint density at radius 2 is 2.07 bits per heavy atom. The zero-order valence-electron chi connectivity index (χ0n) is 16.1. The molecule has 1 N–H and O–H groups in total. The van der Waals surface area contributed by atoms with Crippen LogP contribution in [-0.4, -0.2) is 71.0 Å². The van der Waals surface area contributed by atoms with Gasteiger partial charge in [0.1, 0.15) is 0 Å². The number of halogens is 1. The number of aliphatic imine (C=N–C) groups is 1. The first-order valence-electron chi connectivity index (χ1n) is 8.92. The molecule has 0 amide bonds. The Labute approximate surface area is 179 Å². The molecule has 0 saturated carbocycles. The summed E-state index contributed by atoms with van der Waals surface area (Å²) in [5, 5.41) is 3.34. The molecule has 2 heterocycles. The highest BCUT2D eigenvalue weighted by atomic mass is 127. The second-order valence-electron chi connectivity index (χ2n) is 7.27. The van der Waals surface area contributed by atoms with E-state index in [-0.39, 0.29) is 29.4 Å².